The summed E-state index contributed by atoms with van der Waals surface area (Å²) in [5, 5.41) is 14.0. The zero-order valence-corrected chi connectivity index (χ0v) is 14.0. The molecule has 0 radical (unpaired) electrons. The molecule has 1 rings (SSSR count). The molecule has 5 N–H and O–H groups in total. The van der Waals surface area contributed by atoms with Crippen molar-refractivity contribution in [1.29, 1.82) is 0 Å². The molecule has 0 saturated heterocycles. The first kappa shape index (κ1) is 21.4. The largest absolute Gasteiger partial charge is 0.491 e. The average Bonchev–Trinajstić information content (AvgIpc) is 2.54. The Kier molecular flexibility index (Phi) is 10.6. The Hall–Kier alpha value is -2.59. The van der Waals surface area contributed by atoms with E-state index in [1.807, 2.05) is 6.92 Å². The van der Waals surface area contributed by atoms with E-state index in [4.69, 9.17) is 24.7 Å². The number of nitrogens with one attached hydrogen (secondary N) is 1. The minimum Gasteiger partial charge on any atom is -0.491 e. The third kappa shape index (κ3) is 7.11. The molecular formula is C14H24N4O6. The molecule has 0 atom stereocenters. The van der Waals surface area contributed by atoms with E-state index in [1.165, 1.54) is 20.3 Å². The van der Waals surface area contributed by atoms with Crippen LogP contribution in [0.5, 0.6) is 5.75 Å². The zero-order valence-electron chi connectivity index (χ0n) is 14.0. The topological polar surface area (TPSA) is 152 Å². The van der Waals surface area contributed by atoms with Crippen LogP contribution < -0.4 is 21.5 Å². The van der Waals surface area contributed by atoms with Crippen LogP contribution >= 0.6 is 0 Å². The summed E-state index contributed by atoms with van der Waals surface area (Å²) in [5.41, 5.74) is 10.4. The lowest BCUT2D eigenvalue weighted by molar-refractivity contribution is -0.383. The Morgan fingerprint density at radius 1 is 1.38 bits per heavy atom. The van der Waals surface area contributed by atoms with Gasteiger partial charge in [0.2, 0.25) is 6.41 Å². The quantitative estimate of drug-likeness (QED) is 0.198. The van der Waals surface area contributed by atoms with Crippen molar-refractivity contribution in [2.45, 2.75) is 19.6 Å². The van der Waals surface area contributed by atoms with Crippen molar-refractivity contribution in [2.75, 3.05) is 38.4 Å². The van der Waals surface area contributed by atoms with Crippen molar-refractivity contribution in [3.05, 3.63) is 22.2 Å². The standard InChI is InChI=1S/C13H21N3O5.CH3NO/c1-4-15-9-7-10(16(17)18)13(14)11(8-9)21-6-5-12(19-2)20-3;2-1-3/h7-8,12,15H,4-6,14H2,1-3H3;1H,(H2,2,3). The number of amides is 1. The number of nitro benzene ring substituents is 1. The summed E-state index contributed by atoms with van der Waals surface area (Å²) in [6.45, 7) is 2.80. The van der Waals surface area contributed by atoms with E-state index in [2.05, 4.69) is 11.1 Å². The van der Waals surface area contributed by atoms with E-state index in [0.717, 1.165) is 0 Å². The van der Waals surface area contributed by atoms with Gasteiger partial charge in [-0.15, -0.1) is 0 Å². The highest BCUT2D eigenvalue weighted by Crippen LogP contribution is 2.35. The smallest absolute Gasteiger partial charge is 0.298 e. The van der Waals surface area contributed by atoms with Gasteiger partial charge in [0.15, 0.2) is 17.7 Å². The lowest BCUT2D eigenvalue weighted by Gasteiger charge is -2.15. The summed E-state index contributed by atoms with van der Waals surface area (Å²) in [7, 11) is 3.05. The second-order valence-corrected chi connectivity index (χ2v) is 4.37. The maximum Gasteiger partial charge on any atom is 0.298 e. The van der Waals surface area contributed by atoms with Gasteiger partial charge in [-0.25, -0.2) is 0 Å². The number of carbonyl (C=O) groups is 1. The molecule has 0 bridgehead atoms. The summed E-state index contributed by atoms with van der Waals surface area (Å²) in [6, 6.07) is 3.03. The number of primary amides is 1. The van der Waals surface area contributed by atoms with E-state index in [9.17, 15) is 10.1 Å². The number of carbonyl (C=O) groups excluding carboxylic acids is 1. The molecule has 1 aromatic rings. The Labute approximate surface area is 140 Å². The molecule has 0 unspecified atom stereocenters. The first-order valence-electron chi connectivity index (χ1n) is 7.10. The Balaban J connectivity index is 0.00000163. The lowest BCUT2D eigenvalue weighted by atomic mass is 10.2. The van der Waals surface area contributed by atoms with E-state index in [-0.39, 0.29) is 30.1 Å². The van der Waals surface area contributed by atoms with Gasteiger partial charge in [-0.3, -0.25) is 14.9 Å². The SMILES string of the molecule is CCNc1cc(OCCC(OC)OC)c(N)c([N+](=O)[O-])c1.NC=O. The molecule has 0 fully saturated rings. The summed E-state index contributed by atoms with van der Waals surface area (Å²) >= 11 is 0. The number of nitro groups is 1. The predicted molar refractivity (Wildman–Crippen MR) is 89.8 cm³/mol. The fourth-order valence-electron chi connectivity index (χ4n) is 1.79. The number of anilines is 2. The number of methoxy groups -OCH3 is 2. The van der Waals surface area contributed by atoms with Crippen LogP contribution in [0.25, 0.3) is 0 Å². The van der Waals surface area contributed by atoms with Crippen LogP contribution in [0.4, 0.5) is 17.1 Å². The summed E-state index contributed by atoms with van der Waals surface area (Å²) in [5.74, 6) is 0.270. The van der Waals surface area contributed by atoms with Gasteiger partial charge in [-0.1, -0.05) is 0 Å². The monoisotopic (exact) mass is 344 g/mol. The molecule has 0 aliphatic heterocycles. The van der Waals surface area contributed by atoms with Gasteiger partial charge in [0.25, 0.3) is 5.69 Å². The van der Waals surface area contributed by atoms with Gasteiger partial charge >= 0.3 is 0 Å². The summed E-state index contributed by atoms with van der Waals surface area (Å²) in [6.07, 6.45) is 0.337. The van der Waals surface area contributed by atoms with Gasteiger partial charge in [0.05, 0.1) is 11.5 Å². The number of hydrogen-bond donors (Lipinski definition) is 3. The second kappa shape index (κ2) is 11.9. The van der Waals surface area contributed by atoms with Crippen molar-refractivity contribution >= 4 is 23.5 Å². The van der Waals surface area contributed by atoms with Crippen LogP contribution in [0, 0.1) is 10.1 Å². The third-order valence-corrected chi connectivity index (χ3v) is 2.83. The van der Waals surface area contributed by atoms with Gasteiger partial charge in [0.1, 0.15) is 0 Å². The van der Waals surface area contributed by atoms with Crippen LogP contribution in [-0.2, 0) is 14.3 Å². The van der Waals surface area contributed by atoms with Crippen LogP contribution in [0.2, 0.25) is 0 Å². The molecule has 24 heavy (non-hydrogen) atoms. The van der Waals surface area contributed by atoms with Gasteiger partial charge in [0, 0.05) is 45.0 Å². The normalized spacial score (nSPS) is 9.83. The number of ether oxygens (including phenoxy) is 3. The molecule has 0 aliphatic carbocycles. The second-order valence-electron chi connectivity index (χ2n) is 4.37. The zero-order chi connectivity index (χ0) is 18.5. The van der Waals surface area contributed by atoms with Gasteiger partial charge in [-0.05, 0) is 6.92 Å². The molecule has 136 valence electrons. The van der Waals surface area contributed by atoms with Crippen molar-refractivity contribution in [1.82, 2.24) is 0 Å². The Morgan fingerprint density at radius 2 is 1.96 bits per heavy atom. The summed E-state index contributed by atoms with van der Waals surface area (Å²) < 4.78 is 15.6. The number of nitrogens with zero attached hydrogens (tertiary/aromatic N) is 1. The highest BCUT2D eigenvalue weighted by molar-refractivity contribution is 5.73. The first-order chi connectivity index (χ1) is 11.4. The van der Waals surface area contributed by atoms with Crippen molar-refractivity contribution < 1.29 is 23.9 Å². The highest BCUT2D eigenvalue weighted by atomic mass is 16.7. The van der Waals surface area contributed by atoms with Gasteiger partial charge in [-0.2, -0.15) is 0 Å². The molecule has 10 heteroatoms. The van der Waals surface area contributed by atoms with Crippen LogP contribution in [0.3, 0.4) is 0 Å². The van der Waals surface area contributed by atoms with E-state index >= 15 is 0 Å². The first-order valence-corrected chi connectivity index (χ1v) is 7.10. The molecule has 0 aromatic heterocycles. The molecule has 0 saturated carbocycles. The molecule has 0 aliphatic rings. The fraction of sp³-hybridized carbons (Fsp3) is 0.500. The van der Waals surface area contributed by atoms with Crippen LogP contribution in [-0.4, -0.2) is 45.0 Å². The number of nitrogen functional groups attached to an aromatic ring is 1. The molecule has 10 nitrogen and oxygen atoms in total. The molecule has 0 spiro atoms. The van der Waals surface area contributed by atoms with E-state index in [0.29, 0.717) is 18.7 Å². The Morgan fingerprint density at radius 3 is 2.42 bits per heavy atom. The van der Waals surface area contributed by atoms with Crippen molar-refractivity contribution in [3.63, 3.8) is 0 Å². The summed E-state index contributed by atoms with van der Waals surface area (Å²) in [4.78, 5) is 19.1. The fourth-order valence-corrected chi connectivity index (χ4v) is 1.79. The minimum absolute atomic E-state index is 0.00744. The molecule has 1 aromatic carbocycles. The van der Waals surface area contributed by atoms with E-state index < -0.39 is 11.2 Å². The predicted octanol–water partition coefficient (Wildman–Crippen LogP) is 1.10. The molecular weight excluding hydrogens is 320 g/mol. The highest BCUT2D eigenvalue weighted by Gasteiger charge is 2.18. The molecule has 1 amide bonds. The number of hydrogen-bond acceptors (Lipinski definition) is 8. The Bertz CT molecular complexity index is 522. The average molecular weight is 344 g/mol. The number of nitrogens with two attached hydrogens (primary N) is 2. The maximum atomic E-state index is 11.0. The minimum atomic E-state index is -0.532. The van der Waals surface area contributed by atoms with Crippen molar-refractivity contribution in [2.24, 2.45) is 5.73 Å². The van der Waals surface area contributed by atoms with Crippen molar-refractivity contribution in [3.8, 4) is 5.75 Å². The number of rotatable bonds is 9. The number of benzene rings is 1. The molecule has 0 heterocycles. The van der Waals surface area contributed by atoms with Crippen LogP contribution in [0.15, 0.2) is 12.1 Å². The van der Waals surface area contributed by atoms with E-state index in [1.54, 1.807) is 6.07 Å². The third-order valence-electron chi connectivity index (χ3n) is 2.83. The lowest BCUT2D eigenvalue weighted by Crippen LogP contribution is -2.17. The maximum absolute atomic E-state index is 11.0. The van der Waals surface area contributed by atoms with Crippen LogP contribution in [0.1, 0.15) is 13.3 Å². The van der Waals surface area contributed by atoms with Gasteiger partial charge < -0.3 is 31.0 Å².